The molecular weight excluding hydrogens is 406 g/mol. The van der Waals surface area contributed by atoms with Crippen molar-refractivity contribution in [3.63, 3.8) is 0 Å². The lowest BCUT2D eigenvalue weighted by atomic mass is 10.0. The van der Waals surface area contributed by atoms with Crippen molar-refractivity contribution < 1.29 is 14.3 Å². The van der Waals surface area contributed by atoms with Gasteiger partial charge in [0.05, 0.1) is 25.4 Å². The van der Waals surface area contributed by atoms with Crippen LogP contribution < -0.4 is 10.1 Å². The molecule has 1 saturated heterocycles. The molecule has 8 nitrogen and oxygen atoms in total. The van der Waals surface area contributed by atoms with Crippen LogP contribution in [0.1, 0.15) is 54.9 Å². The standard InChI is InChI=1S/C24H31N5O3/c1-16(30)29-13-6-8-20(29)24-26-19-15-28(14-12-18(19)23(25-2)27-24)22(31)11-10-17-7-4-5-9-21(17)32-3/h4-5,7,9,20H,6,8,10-15H2,1-3H3,(H,25,26,27)/t20-/m0/s1. The number of carbonyl (C=O) groups excluding carboxylic acids is 2. The minimum atomic E-state index is -0.0958. The highest BCUT2D eigenvalue weighted by atomic mass is 16.5. The van der Waals surface area contributed by atoms with E-state index in [4.69, 9.17) is 14.7 Å². The minimum Gasteiger partial charge on any atom is -0.496 e. The number of nitrogens with one attached hydrogen (secondary N) is 1. The predicted molar refractivity (Wildman–Crippen MR) is 121 cm³/mol. The van der Waals surface area contributed by atoms with Crippen molar-refractivity contribution in [2.45, 2.75) is 51.6 Å². The number of aromatic nitrogens is 2. The van der Waals surface area contributed by atoms with Crippen LogP contribution in [0.5, 0.6) is 5.75 Å². The maximum Gasteiger partial charge on any atom is 0.223 e. The van der Waals surface area contributed by atoms with Gasteiger partial charge in [-0.1, -0.05) is 18.2 Å². The topological polar surface area (TPSA) is 87.7 Å². The first-order valence-corrected chi connectivity index (χ1v) is 11.3. The summed E-state index contributed by atoms with van der Waals surface area (Å²) < 4.78 is 5.41. The molecule has 1 aromatic carbocycles. The maximum atomic E-state index is 13.0. The van der Waals surface area contributed by atoms with Gasteiger partial charge in [-0.3, -0.25) is 9.59 Å². The van der Waals surface area contributed by atoms with E-state index < -0.39 is 0 Å². The van der Waals surface area contributed by atoms with Crippen molar-refractivity contribution in [2.75, 3.05) is 32.6 Å². The van der Waals surface area contributed by atoms with Gasteiger partial charge < -0.3 is 19.9 Å². The molecule has 1 aromatic heterocycles. The number of anilines is 1. The Bertz CT molecular complexity index is 1010. The third-order valence-electron chi connectivity index (χ3n) is 6.43. The Balaban J connectivity index is 1.50. The summed E-state index contributed by atoms with van der Waals surface area (Å²) in [5.74, 6) is 2.45. The highest BCUT2D eigenvalue weighted by Crippen LogP contribution is 2.33. The summed E-state index contributed by atoms with van der Waals surface area (Å²) in [6, 6.07) is 7.71. The van der Waals surface area contributed by atoms with Crippen molar-refractivity contribution in [1.82, 2.24) is 19.8 Å². The number of nitrogens with zero attached hydrogens (tertiary/aromatic N) is 4. The lowest BCUT2D eigenvalue weighted by Crippen LogP contribution is -2.38. The maximum absolute atomic E-state index is 13.0. The normalized spacial score (nSPS) is 17.8. The molecule has 1 atom stereocenters. The highest BCUT2D eigenvalue weighted by Gasteiger charge is 2.32. The second-order valence-corrected chi connectivity index (χ2v) is 8.35. The van der Waals surface area contributed by atoms with Crippen LogP contribution in [0.2, 0.25) is 0 Å². The molecule has 0 radical (unpaired) electrons. The number of benzene rings is 1. The molecule has 0 bridgehead atoms. The van der Waals surface area contributed by atoms with E-state index in [1.54, 1.807) is 14.0 Å². The smallest absolute Gasteiger partial charge is 0.223 e. The van der Waals surface area contributed by atoms with E-state index in [9.17, 15) is 9.59 Å². The average Bonchev–Trinajstić information content (AvgIpc) is 3.32. The number of fused-ring (bicyclic) bond motifs is 1. The zero-order chi connectivity index (χ0) is 22.7. The average molecular weight is 438 g/mol. The molecule has 1 fully saturated rings. The second kappa shape index (κ2) is 9.54. The number of ether oxygens (including phenoxy) is 1. The number of methoxy groups -OCH3 is 1. The molecule has 2 amide bonds. The summed E-state index contributed by atoms with van der Waals surface area (Å²) in [7, 11) is 3.50. The number of rotatable bonds is 6. The van der Waals surface area contributed by atoms with Gasteiger partial charge in [0.1, 0.15) is 11.6 Å². The van der Waals surface area contributed by atoms with Crippen molar-refractivity contribution >= 4 is 17.6 Å². The molecule has 2 aromatic rings. The third-order valence-corrected chi connectivity index (χ3v) is 6.43. The number of para-hydroxylation sites is 1. The molecule has 0 aliphatic carbocycles. The van der Waals surface area contributed by atoms with Crippen LogP contribution in [0.25, 0.3) is 0 Å². The van der Waals surface area contributed by atoms with Gasteiger partial charge in [-0.25, -0.2) is 9.97 Å². The molecule has 2 aliphatic rings. The van der Waals surface area contributed by atoms with E-state index in [1.807, 2.05) is 41.1 Å². The zero-order valence-electron chi connectivity index (χ0n) is 19.1. The number of aryl methyl sites for hydroxylation is 1. The molecule has 0 spiro atoms. The van der Waals surface area contributed by atoms with Gasteiger partial charge in [0, 0.05) is 39.0 Å². The largest absolute Gasteiger partial charge is 0.496 e. The highest BCUT2D eigenvalue weighted by molar-refractivity contribution is 5.77. The Kier molecular flexibility index (Phi) is 6.58. The fourth-order valence-corrected chi connectivity index (χ4v) is 4.74. The summed E-state index contributed by atoms with van der Waals surface area (Å²) >= 11 is 0. The van der Waals surface area contributed by atoms with E-state index in [0.29, 0.717) is 38.2 Å². The molecule has 32 heavy (non-hydrogen) atoms. The number of carbonyl (C=O) groups is 2. The Morgan fingerprint density at radius 3 is 2.78 bits per heavy atom. The van der Waals surface area contributed by atoms with Crippen LogP contribution in [0, 0.1) is 0 Å². The van der Waals surface area contributed by atoms with E-state index in [2.05, 4.69) is 5.32 Å². The van der Waals surface area contributed by atoms with Crippen LogP contribution in [-0.2, 0) is 29.0 Å². The van der Waals surface area contributed by atoms with Gasteiger partial charge in [-0.05, 0) is 37.3 Å². The molecule has 3 heterocycles. The number of likely N-dealkylation sites (tertiary alicyclic amines) is 1. The van der Waals surface area contributed by atoms with E-state index in [0.717, 1.165) is 47.8 Å². The van der Waals surface area contributed by atoms with Crippen molar-refractivity contribution in [3.8, 4) is 5.75 Å². The molecule has 8 heteroatoms. The molecule has 2 aliphatic heterocycles. The number of hydrogen-bond donors (Lipinski definition) is 1. The predicted octanol–water partition coefficient (Wildman–Crippen LogP) is 2.73. The van der Waals surface area contributed by atoms with E-state index >= 15 is 0 Å². The van der Waals surface area contributed by atoms with Gasteiger partial charge in [0.2, 0.25) is 11.8 Å². The third kappa shape index (κ3) is 4.40. The fourth-order valence-electron chi connectivity index (χ4n) is 4.74. The number of amides is 2. The van der Waals surface area contributed by atoms with Crippen LogP contribution in [-0.4, -0.2) is 58.8 Å². The van der Waals surface area contributed by atoms with Crippen LogP contribution >= 0.6 is 0 Å². The van der Waals surface area contributed by atoms with Crippen molar-refractivity contribution in [2.24, 2.45) is 0 Å². The Morgan fingerprint density at radius 1 is 1.22 bits per heavy atom. The fraction of sp³-hybridized carbons (Fsp3) is 0.500. The van der Waals surface area contributed by atoms with E-state index in [-0.39, 0.29) is 17.9 Å². The quantitative estimate of drug-likeness (QED) is 0.748. The van der Waals surface area contributed by atoms with Gasteiger partial charge in [-0.2, -0.15) is 0 Å². The Labute approximate surface area is 189 Å². The van der Waals surface area contributed by atoms with Gasteiger partial charge in [0.25, 0.3) is 0 Å². The second-order valence-electron chi connectivity index (χ2n) is 8.35. The molecular formula is C24H31N5O3. The first-order valence-electron chi connectivity index (χ1n) is 11.3. The summed E-state index contributed by atoms with van der Waals surface area (Å²) in [6.45, 7) is 3.45. The van der Waals surface area contributed by atoms with Gasteiger partial charge >= 0.3 is 0 Å². The van der Waals surface area contributed by atoms with Crippen LogP contribution in [0.15, 0.2) is 24.3 Å². The van der Waals surface area contributed by atoms with Crippen LogP contribution in [0.3, 0.4) is 0 Å². The molecule has 1 N–H and O–H groups in total. The zero-order valence-corrected chi connectivity index (χ0v) is 19.1. The SMILES string of the molecule is CNc1nc([C@@H]2CCCN2C(C)=O)nc2c1CCN(C(=O)CCc1ccccc1OC)C2. The molecule has 170 valence electrons. The van der Waals surface area contributed by atoms with Crippen molar-refractivity contribution in [1.29, 1.82) is 0 Å². The monoisotopic (exact) mass is 437 g/mol. The van der Waals surface area contributed by atoms with Gasteiger partial charge in [0.15, 0.2) is 5.82 Å². The Hall–Kier alpha value is -3.16. The summed E-state index contributed by atoms with van der Waals surface area (Å²) in [5, 5.41) is 3.19. The molecule has 0 saturated carbocycles. The summed E-state index contributed by atoms with van der Waals surface area (Å²) in [4.78, 5) is 38.4. The number of hydrogen-bond acceptors (Lipinski definition) is 6. The summed E-state index contributed by atoms with van der Waals surface area (Å²) in [6.07, 6.45) is 3.59. The first-order chi connectivity index (χ1) is 15.5. The summed E-state index contributed by atoms with van der Waals surface area (Å²) in [5.41, 5.74) is 2.98. The van der Waals surface area contributed by atoms with Crippen LogP contribution in [0.4, 0.5) is 5.82 Å². The van der Waals surface area contributed by atoms with Crippen molar-refractivity contribution in [3.05, 3.63) is 46.9 Å². The van der Waals surface area contributed by atoms with E-state index in [1.165, 1.54) is 0 Å². The molecule has 4 rings (SSSR count). The minimum absolute atomic E-state index is 0.0490. The van der Waals surface area contributed by atoms with Gasteiger partial charge in [-0.15, -0.1) is 0 Å². The lowest BCUT2D eigenvalue weighted by Gasteiger charge is -2.31. The Morgan fingerprint density at radius 2 is 2.03 bits per heavy atom. The molecule has 0 unspecified atom stereocenters. The first kappa shape index (κ1) is 22.0. The lowest BCUT2D eigenvalue weighted by molar-refractivity contribution is -0.132.